The van der Waals surface area contributed by atoms with E-state index >= 15 is 0 Å². The van der Waals surface area contributed by atoms with Crippen LogP contribution in [0.3, 0.4) is 0 Å². The van der Waals surface area contributed by atoms with Crippen molar-refractivity contribution in [3.05, 3.63) is 54.4 Å². The van der Waals surface area contributed by atoms with E-state index < -0.39 is 0 Å². The summed E-state index contributed by atoms with van der Waals surface area (Å²) >= 11 is 7.40. The Morgan fingerprint density at radius 2 is 1.96 bits per heavy atom. The van der Waals surface area contributed by atoms with Crippen LogP contribution in [0, 0.1) is 0 Å². The highest BCUT2D eigenvalue weighted by Crippen LogP contribution is 2.25. The monoisotopic (exact) mass is 372 g/mol. The van der Waals surface area contributed by atoms with E-state index in [4.69, 9.17) is 12.2 Å². The van der Waals surface area contributed by atoms with Gasteiger partial charge in [-0.05, 0) is 49.2 Å². The predicted octanol–water partition coefficient (Wildman–Crippen LogP) is 3.71. The van der Waals surface area contributed by atoms with Crippen molar-refractivity contribution in [1.82, 2.24) is 14.8 Å². The standard InChI is InChI=1S/C19H24N4S2/c1-25-18-9-3-2-8-17(18)21-19(24)23-12-6-11-22(13-14-23)15-16-7-4-5-10-20-16/h2-5,7-10H,6,11-15H2,1H3,(H,21,24). The molecule has 0 unspecified atom stereocenters. The number of benzene rings is 1. The largest absolute Gasteiger partial charge is 0.348 e. The summed E-state index contributed by atoms with van der Waals surface area (Å²) in [7, 11) is 0. The molecule has 4 nitrogen and oxygen atoms in total. The molecule has 0 radical (unpaired) electrons. The quantitative estimate of drug-likeness (QED) is 0.650. The first kappa shape index (κ1) is 18.2. The van der Waals surface area contributed by atoms with Crippen LogP contribution in [-0.4, -0.2) is 52.3 Å². The van der Waals surface area contributed by atoms with Crippen LogP contribution < -0.4 is 5.32 Å². The van der Waals surface area contributed by atoms with Crippen LogP contribution in [0.1, 0.15) is 12.1 Å². The summed E-state index contributed by atoms with van der Waals surface area (Å²) in [6, 6.07) is 14.4. The highest BCUT2D eigenvalue weighted by Gasteiger charge is 2.18. The molecule has 3 rings (SSSR count). The fraction of sp³-hybridized carbons (Fsp3) is 0.368. The van der Waals surface area contributed by atoms with E-state index in [1.807, 2.05) is 18.3 Å². The molecule has 1 saturated heterocycles. The fourth-order valence-electron chi connectivity index (χ4n) is 3.00. The lowest BCUT2D eigenvalue weighted by Gasteiger charge is -2.25. The average molecular weight is 373 g/mol. The van der Waals surface area contributed by atoms with E-state index in [1.54, 1.807) is 11.8 Å². The molecular formula is C19H24N4S2. The molecule has 1 aliphatic rings. The zero-order valence-electron chi connectivity index (χ0n) is 14.5. The van der Waals surface area contributed by atoms with E-state index in [1.165, 1.54) is 4.90 Å². The lowest BCUT2D eigenvalue weighted by Crippen LogP contribution is -2.37. The lowest BCUT2D eigenvalue weighted by molar-refractivity contribution is 0.275. The molecule has 1 N–H and O–H groups in total. The van der Waals surface area contributed by atoms with Crippen LogP contribution in [0.4, 0.5) is 5.69 Å². The first-order valence-electron chi connectivity index (χ1n) is 8.57. The maximum absolute atomic E-state index is 5.67. The number of anilines is 1. The number of hydrogen-bond donors (Lipinski definition) is 1. The van der Waals surface area contributed by atoms with Gasteiger partial charge in [0.25, 0.3) is 0 Å². The molecule has 132 valence electrons. The summed E-state index contributed by atoms with van der Waals surface area (Å²) < 4.78 is 0. The molecule has 1 aliphatic heterocycles. The first-order valence-corrected chi connectivity index (χ1v) is 10.2. The molecule has 0 amide bonds. The van der Waals surface area contributed by atoms with Crippen LogP contribution in [-0.2, 0) is 6.54 Å². The van der Waals surface area contributed by atoms with Gasteiger partial charge in [-0.2, -0.15) is 0 Å². The van der Waals surface area contributed by atoms with Gasteiger partial charge < -0.3 is 10.2 Å². The molecule has 0 saturated carbocycles. The number of thioether (sulfide) groups is 1. The molecule has 0 atom stereocenters. The third-order valence-electron chi connectivity index (χ3n) is 4.34. The third-order valence-corrected chi connectivity index (χ3v) is 5.49. The highest BCUT2D eigenvalue weighted by molar-refractivity contribution is 7.98. The molecule has 1 aromatic carbocycles. The Hall–Kier alpha value is -1.63. The summed E-state index contributed by atoms with van der Waals surface area (Å²) in [5.74, 6) is 0. The minimum absolute atomic E-state index is 0.821. The second kappa shape index (κ2) is 9.17. The number of para-hydroxylation sites is 1. The van der Waals surface area contributed by atoms with Crippen molar-refractivity contribution in [1.29, 1.82) is 0 Å². The van der Waals surface area contributed by atoms with Crippen molar-refractivity contribution < 1.29 is 0 Å². The van der Waals surface area contributed by atoms with Gasteiger partial charge in [-0.3, -0.25) is 9.88 Å². The molecule has 0 bridgehead atoms. The maximum atomic E-state index is 5.67. The molecule has 2 heterocycles. The van der Waals surface area contributed by atoms with Gasteiger partial charge in [0.05, 0.1) is 11.4 Å². The fourth-order valence-corrected chi connectivity index (χ4v) is 3.84. The Morgan fingerprint density at radius 3 is 2.76 bits per heavy atom. The smallest absolute Gasteiger partial charge is 0.173 e. The normalized spacial score (nSPS) is 15.6. The molecule has 0 aliphatic carbocycles. The molecule has 6 heteroatoms. The Kier molecular flexibility index (Phi) is 6.67. The van der Waals surface area contributed by atoms with Gasteiger partial charge in [-0.25, -0.2) is 0 Å². The second-order valence-corrected chi connectivity index (χ2v) is 7.30. The highest BCUT2D eigenvalue weighted by atomic mass is 32.2. The van der Waals surface area contributed by atoms with Gasteiger partial charge in [0.1, 0.15) is 0 Å². The number of thiocarbonyl (C=S) groups is 1. The van der Waals surface area contributed by atoms with E-state index in [-0.39, 0.29) is 0 Å². The zero-order valence-corrected chi connectivity index (χ0v) is 16.2. The maximum Gasteiger partial charge on any atom is 0.173 e. The minimum atomic E-state index is 0.821. The van der Waals surface area contributed by atoms with Crippen molar-refractivity contribution in [3.63, 3.8) is 0 Å². The summed E-state index contributed by atoms with van der Waals surface area (Å²) in [5.41, 5.74) is 2.22. The van der Waals surface area contributed by atoms with Gasteiger partial charge in [-0.1, -0.05) is 18.2 Å². The minimum Gasteiger partial charge on any atom is -0.348 e. The Balaban J connectivity index is 1.56. The van der Waals surface area contributed by atoms with Crippen LogP contribution in [0.15, 0.2) is 53.6 Å². The van der Waals surface area contributed by atoms with E-state index in [2.05, 4.69) is 56.7 Å². The second-order valence-electron chi connectivity index (χ2n) is 6.07. The van der Waals surface area contributed by atoms with Crippen molar-refractivity contribution >= 4 is 34.8 Å². The molecule has 0 spiro atoms. The molecule has 2 aromatic rings. The summed E-state index contributed by atoms with van der Waals surface area (Å²) in [4.78, 5) is 10.4. The van der Waals surface area contributed by atoms with E-state index in [0.29, 0.717) is 0 Å². The molecule has 1 aromatic heterocycles. The Labute approximate surface area is 159 Å². The SMILES string of the molecule is CSc1ccccc1NC(=S)N1CCCN(Cc2ccccn2)CC1. The average Bonchev–Trinajstić information content (AvgIpc) is 2.89. The first-order chi connectivity index (χ1) is 12.3. The van der Waals surface area contributed by atoms with Crippen LogP contribution in [0.2, 0.25) is 0 Å². The predicted molar refractivity (Wildman–Crippen MR) is 110 cm³/mol. The van der Waals surface area contributed by atoms with Gasteiger partial charge in [0, 0.05) is 43.8 Å². The summed E-state index contributed by atoms with van der Waals surface area (Å²) in [6.07, 6.45) is 5.06. The number of pyridine rings is 1. The van der Waals surface area contributed by atoms with Gasteiger partial charge in [0.15, 0.2) is 5.11 Å². The summed E-state index contributed by atoms with van der Waals surface area (Å²) in [6.45, 7) is 4.93. The summed E-state index contributed by atoms with van der Waals surface area (Å²) in [5, 5.41) is 4.25. The topological polar surface area (TPSA) is 31.4 Å². The van der Waals surface area contributed by atoms with Gasteiger partial charge >= 0.3 is 0 Å². The number of rotatable bonds is 4. The Bertz CT molecular complexity index is 693. The number of nitrogens with one attached hydrogen (secondary N) is 1. The third kappa shape index (κ3) is 5.17. The molecule has 25 heavy (non-hydrogen) atoms. The van der Waals surface area contributed by atoms with Gasteiger partial charge in [0.2, 0.25) is 0 Å². The van der Waals surface area contributed by atoms with Crippen LogP contribution in [0.5, 0.6) is 0 Å². The van der Waals surface area contributed by atoms with E-state index in [0.717, 1.165) is 55.6 Å². The molecular weight excluding hydrogens is 348 g/mol. The lowest BCUT2D eigenvalue weighted by atomic mass is 10.3. The zero-order chi connectivity index (χ0) is 17.5. The van der Waals surface area contributed by atoms with Crippen LogP contribution in [0.25, 0.3) is 0 Å². The number of aromatic nitrogens is 1. The van der Waals surface area contributed by atoms with Crippen LogP contribution >= 0.6 is 24.0 Å². The molecule has 1 fully saturated rings. The number of hydrogen-bond acceptors (Lipinski definition) is 4. The van der Waals surface area contributed by atoms with Crippen molar-refractivity contribution in [3.8, 4) is 0 Å². The van der Waals surface area contributed by atoms with Crippen molar-refractivity contribution in [2.45, 2.75) is 17.9 Å². The van der Waals surface area contributed by atoms with Gasteiger partial charge in [-0.15, -0.1) is 11.8 Å². The Morgan fingerprint density at radius 1 is 1.12 bits per heavy atom. The van der Waals surface area contributed by atoms with Crippen molar-refractivity contribution in [2.24, 2.45) is 0 Å². The van der Waals surface area contributed by atoms with E-state index in [9.17, 15) is 0 Å². The number of nitrogens with zero attached hydrogens (tertiary/aromatic N) is 3. The van der Waals surface area contributed by atoms with Crippen molar-refractivity contribution in [2.75, 3.05) is 37.8 Å².